The van der Waals surface area contributed by atoms with Gasteiger partial charge in [-0.1, -0.05) is 34.6 Å². The van der Waals surface area contributed by atoms with Gasteiger partial charge in [0.25, 0.3) is 5.91 Å². The highest BCUT2D eigenvalue weighted by Gasteiger charge is 2.45. The SMILES string of the molecule is COc1ccc(C(=O)NC2C(OCCC(C)CC(C)(C)CC(=O)C(C)C)OC(CO)C(O)C2O)cc1. The Balaban J connectivity index is 2.00. The third-order valence-electron chi connectivity index (χ3n) is 6.62. The van der Waals surface area contributed by atoms with E-state index in [0.29, 0.717) is 24.2 Å². The molecule has 4 N–H and O–H groups in total. The highest BCUT2D eigenvalue weighted by molar-refractivity contribution is 5.94. The molecule has 0 bridgehead atoms. The number of hydrogen-bond donors (Lipinski definition) is 4. The summed E-state index contributed by atoms with van der Waals surface area (Å²) in [5.74, 6) is 0.633. The quantitative estimate of drug-likeness (QED) is 0.318. The maximum Gasteiger partial charge on any atom is 0.251 e. The van der Waals surface area contributed by atoms with Gasteiger partial charge in [0.1, 0.15) is 35.9 Å². The maximum atomic E-state index is 12.8. The number of ketones is 1. The zero-order valence-electron chi connectivity index (χ0n) is 22.3. The van der Waals surface area contributed by atoms with E-state index in [0.717, 1.165) is 6.42 Å². The molecular weight excluding hydrogens is 466 g/mol. The summed E-state index contributed by atoms with van der Waals surface area (Å²) in [4.78, 5) is 25.0. The van der Waals surface area contributed by atoms with Crippen LogP contribution >= 0.6 is 0 Å². The predicted octanol–water partition coefficient (Wildman–Crippen LogP) is 2.31. The molecule has 0 saturated carbocycles. The van der Waals surface area contributed by atoms with Crippen LogP contribution in [-0.4, -0.2) is 78.0 Å². The predicted molar refractivity (Wildman–Crippen MR) is 135 cm³/mol. The first-order chi connectivity index (χ1) is 16.9. The molecule has 1 saturated heterocycles. The molecule has 1 amide bonds. The van der Waals surface area contributed by atoms with Crippen molar-refractivity contribution in [3.63, 3.8) is 0 Å². The molecule has 6 atom stereocenters. The lowest BCUT2D eigenvalue weighted by Crippen LogP contribution is -2.64. The van der Waals surface area contributed by atoms with Gasteiger partial charge in [0.2, 0.25) is 0 Å². The average Bonchev–Trinajstić information content (AvgIpc) is 2.82. The first-order valence-electron chi connectivity index (χ1n) is 12.6. The van der Waals surface area contributed by atoms with Crippen LogP contribution in [0.5, 0.6) is 5.75 Å². The van der Waals surface area contributed by atoms with Crippen LogP contribution in [0.15, 0.2) is 24.3 Å². The van der Waals surface area contributed by atoms with E-state index >= 15 is 0 Å². The van der Waals surface area contributed by atoms with Gasteiger partial charge in [-0.25, -0.2) is 0 Å². The van der Waals surface area contributed by atoms with Crippen LogP contribution in [0.2, 0.25) is 0 Å². The van der Waals surface area contributed by atoms with Gasteiger partial charge in [0.05, 0.1) is 20.3 Å². The van der Waals surface area contributed by atoms with Crippen LogP contribution in [-0.2, 0) is 14.3 Å². The normalized spacial score (nSPS) is 25.4. The number of benzene rings is 1. The molecule has 1 heterocycles. The largest absolute Gasteiger partial charge is 0.497 e. The van der Waals surface area contributed by atoms with E-state index in [4.69, 9.17) is 14.2 Å². The standard InChI is InChI=1S/C27H43NO8/c1-16(2)20(30)14-27(4,5)13-17(3)11-12-35-26-22(24(32)23(31)21(15-29)36-26)28-25(33)18-7-9-19(34-6)10-8-18/h7-10,16-17,21-24,26,29,31-32H,11-15H2,1-6H3,(H,28,33). The lowest BCUT2D eigenvalue weighted by atomic mass is 9.77. The molecule has 1 aliphatic rings. The van der Waals surface area contributed by atoms with Crippen LogP contribution in [0.1, 0.15) is 64.2 Å². The minimum atomic E-state index is -1.40. The second-order valence-electron chi connectivity index (χ2n) is 10.9. The van der Waals surface area contributed by atoms with E-state index in [2.05, 4.69) is 26.1 Å². The van der Waals surface area contributed by atoms with Gasteiger partial charge in [-0.2, -0.15) is 0 Å². The molecule has 1 aromatic carbocycles. The van der Waals surface area contributed by atoms with E-state index in [9.17, 15) is 24.9 Å². The Morgan fingerprint density at radius 1 is 1.11 bits per heavy atom. The van der Waals surface area contributed by atoms with Crippen LogP contribution in [0.25, 0.3) is 0 Å². The number of amides is 1. The maximum absolute atomic E-state index is 12.8. The summed E-state index contributed by atoms with van der Waals surface area (Å²) in [6.45, 7) is 9.85. The fourth-order valence-electron chi connectivity index (χ4n) is 4.53. The van der Waals surface area contributed by atoms with Crippen LogP contribution in [0.4, 0.5) is 0 Å². The van der Waals surface area contributed by atoms with Crippen molar-refractivity contribution in [3.8, 4) is 5.75 Å². The van der Waals surface area contributed by atoms with E-state index < -0.39 is 43.2 Å². The third-order valence-corrected chi connectivity index (χ3v) is 6.62. The van der Waals surface area contributed by atoms with Gasteiger partial charge in [0, 0.05) is 17.9 Å². The van der Waals surface area contributed by atoms with Crippen molar-refractivity contribution in [1.82, 2.24) is 5.32 Å². The second-order valence-corrected chi connectivity index (χ2v) is 10.9. The summed E-state index contributed by atoms with van der Waals surface area (Å²) in [5.41, 5.74) is 0.200. The summed E-state index contributed by atoms with van der Waals surface area (Å²) >= 11 is 0. The van der Waals surface area contributed by atoms with Crippen LogP contribution in [0, 0.1) is 17.3 Å². The van der Waals surface area contributed by atoms with Crippen LogP contribution < -0.4 is 10.1 Å². The Bertz CT molecular complexity index is 841. The highest BCUT2D eigenvalue weighted by Crippen LogP contribution is 2.32. The Hall–Kier alpha value is -2.04. The van der Waals surface area contributed by atoms with E-state index in [-0.39, 0.29) is 29.6 Å². The van der Waals surface area contributed by atoms with E-state index in [1.54, 1.807) is 24.3 Å². The molecule has 6 unspecified atom stereocenters. The molecule has 204 valence electrons. The molecule has 9 heteroatoms. The van der Waals surface area contributed by atoms with Crippen molar-refractivity contribution in [3.05, 3.63) is 29.8 Å². The van der Waals surface area contributed by atoms with Gasteiger partial charge in [0.15, 0.2) is 6.29 Å². The minimum absolute atomic E-state index is 0.0117. The van der Waals surface area contributed by atoms with Gasteiger partial charge < -0.3 is 34.8 Å². The number of hydrogen-bond acceptors (Lipinski definition) is 8. The Morgan fingerprint density at radius 2 is 1.75 bits per heavy atom. The molecule has 0 spiro atoms. The van der Waals surface area contributed by atoms with Crippen molar-refractivity contribution in [2.45, 2.75) is 84.5 Å². The molecule has 36 heavy (non-hydrogen) atoms. The smallest absolute Gasteiger partial charge is 0.251 e. The van der Waals surface area contributed by atoms with Gasteiger partial charge in [-0.3, -0.25) is 9.59 Å². The Labute approximate surface area is 214 Å². The molecule has 0 aromatic heterocycles. The van der Waals surface area contributed by atoms with Crippen molar-refractivity contribution < 1.29 is 39.1 Å². The summed E-state index contributed by atoms with van der Waals surface area (Å²) in [7, 11) is 1.53. The van der Waals surface area contributed by atoms with Crippen molar-refractivity contribution in [2.24, 2.45) is 17.3 Å². The van der Waals surface area contributed by atoms with Gasteiger partial charge in [-0.05, 0) is 48.4 Å². The Morgan fingerprint density at radius 3 is 2.31 bits per heavy atom. The zero-order chi connectivity index (χ0) is 27.0. The number of methoxy groups -OCH3 is 1. The van der Waals surface area contributed by atoms with Crippen molar-refractivity contribution in [2.75, 3.05) is 20.3 Å². The van der Waals surface area contributed by atoms with Gasteiger partial charge in [-0.15, -0.1) is 0 Å². The third kappa shape index (κ3) is 8.52. The monoisotopic (exact) mass is 509 g/mol. The summed E-state index contributed by atoms with van der Waals surface area (Å²) < 4.78 is 16.7. The number of aliphatic hydroxyl groups is 3. The first-order valence-corrected chi connectivity index (χ1v) is 12.6. The zero-order valence-corrected chi connectivity index (χ0v) is 22.3. The summed E-state index contributed by atoms with van der Waals surface area (Å²) in [5, 5.41) is 33.3. The molecular formula is C27H43NO8. The molecule has 1 aliphatic heterocycles. The molecule has 9 nitrogen and oxygen atoms in total. The summed E-state index contributed by atoms with van der Waals surface area (Å²) in [6, 6.07) is 5.41. The van der Waals surface area contributed by atoms with Crippen molar-refractivity contribution in [1.29, 1.82) is 0 Å². The van der Waals surface area contributed by atoms with Crippen molar-refractivity contribution >= 4 is 11.7 Å². The number of ether oxygens (including phenoxy) is 3. The fourth-order valence-corrected chi connectivity index (χ4v) is 4.53. The molecule has 0 aliphatic carbocycles. The topological polar surface area (TPSA) is 135 Å². The lowest BCUT2D eigenvalue weighted by molar-refractivity contribution is -0.269. The van der Waals surface area contributed by atoms with Gasteiger partial charge >= 0.3 is 0 Å². The number of Topliss-reactive ketones (excluding diaryl/α,β-unsaturated/α-hetero) is 1. The minimum Gasteiger partial charge on any atom is -0.497 e. The summed E-state index contributed by atoms with van der Waals surface area (Å²) in [6.07, 6.45) is -2.89. The second kappa shape index (κ2) is 13.5. The molecule has 1 aromatic rings. The highest BCUT2D eigenvalue weighted by atomic mass is 16.7. The molecule has 1 fully saturated rings. The number of nitrogens with one attached hydrogen (secondary N) is 1. The fraction of sp³-hybridized carbons (Fsp3) is 0.704. The average molecular weight is 510 g/mol. The number of carbonyl (C=O) groups is 2. The first kappa shape index (κ1) is 30.2. The van der Waals surface area contributed by atoms with E-state index in [1.807, 2.05) is 13.8 Å². The van der Waals surface area contributed by atoms with E-state index in [1.165, 1.54) is 7.11 Å². The number of aliphatic hydroxyl groups excluding tert-OH is 3. The van der Waals surface area contributed by atoms with Crippen LogP contribution in [0.3, 0.4) is 0 Å². The Kier molecular flexibility index (Phi) is 11.3. The number of rotatable bonds is 13. The number of carbonyl (C=O) groups excluding carboxylic acids is 2. The molecule has 2 rings (SSSR count). The lowest BCUT2D eigenvalue weighted by Gasteiger charge is -2.42. The molecule has 0 radical (unpaired) electrons.